The summed E-state index contributed by atoms with van der Waals surface area (Å²) < 4.78 is 37.6. The molecule has 0 amide bonds. The third-order valence-corrected chi connectivity index (χ3v) is 4.30. The van der Waals surface area contributed by atoms with Crippen LogP contribution in [0.4, 0.5) is 13.2 Å². The minimum Gasteiger partial charge on any atom is -0.360 e. The molecule has 0 bridgehead atoms. The van der Waals surface area contributed by atoms with Gasteiger partial charge in [0.2, 0.25) is 0 Å². The average Bonchev–Trinajstić information content (AvgIpc) is 2.81. The molecule has 0 spiro atoms. The molecule has 2 fully saturated rings. The van der Waals surface area contributed by atoms with Gasteiger partial charge in [-0.2, -0.15) is 13.2 Å². The zero-order chi connectivity index (χ0) is 13.2. The van der Waals surface area contributed by atoms with Crippen molar-refractivity contribution in [3.8, 4) is 0 Å². The van der Waals surface area contributed by atoms with E-state index in [2.05, 4.69) is 5.32 Å². The predicted octanol–water partition coefficient (Wildman–Crippen LogP) is 3.08. The second-order valence-corrected chi connectivity index (χ2v) is 5.62. The Kier molecular flexibility index (Phi) is 4.35. The predicted molar refractivity (Wildman–Crippen MR) is 68.3 cm³/mol. The summed E-state index contributed by atoms with van der Waals surface area (Å²) in [5.41, 5.74) is 0. The number of halogens is 3. The van der Waals surface area contributed by atoms with E-state index in [1.165, 1.54) is 12.8 Å². The Morgan fingerprint density at radius 2 is 1.61 bits per heavy atom. The molecule has 2 rings (SSSR count). The van der Waals surface area contributed by atoms with Crippen molar-refractivity contribution >= 4 is 17.3 Å². The number of hydrogen-bond acceptors (Lipinski definition) is 1. The molecule has 1 saturated heterocycles. The Bertz CT molecular complexity index is 292. The van der Waals surface area contributed by atoms with Crippen LogP contribution in [0.15, 0.2) is 0 Å². The fourth-order valence-electron chi connectivity index (χ4n) is 2.75. The number of likely N-dealkylation sites (tertiary alicyclic amines) is 1. The molecule has 0 aromatic rings. The number of hydrogen-bond donors (Lipinski definition) is 1. The van der Waals surface area contributed by atoms with E-state index in [1.807, 2.05) is 4.90 Å². The lowest BCUT2D eigenvalue weighted by molar-refractivity contribution is -0.183. The van der Waals surface area contributed by atoms with Crippen molar-refractivity contribution < 1.29 is 13.2 Å². The number of piperidine rings is 1. The topological polar surface area (TPSA) is 15.3 Å². The van der Waals surface area contributed by atoms with Crippen LogP contribution < -0.4 is 5.32 Å². The summed E-state index contributed by atoms with van der Waals surface area (Å²) in [7, 11) is 0. The zero-order valence-corrected chi connectivity index (χ0v) is 11.1. The molecule has 104 valence electrons. The average molecular weight is 280 g/mol. The van der Waals surface area contributed by atoms with E-state index in [0.29, 0.717) is 24.2 Å². The number of thiocarbonyl (C=S) groups is 1. The molecule has 0 radical (unpaired) electrons. The monoisotopic (exact) mass is 280 g/mol. The van der Waals surface area contributed by atoms with E-state index in [1.54, 1.807) is 0 Å². The fraction of sp³-hybridized carbons (Fsp3) is 0.917. The van der Waals surface area contributed by atoms with Crippen molar-refractivity contribution in [3.05, 3.63) is 0 Å². The highest BCUT2D eigenvalue weighted by Crippen LogP contribution is 2.34. The molecule has 0 aromatic carbocycles. The fourth-order valence-corrected chi connectivity index (χ4v) is 3.10. The van der Waals surface area contributed by atoms with Crippen LogP contribution in [0.2, 0.25) is 0 Å². The van der Waals surface area contributed by atoms with Gasteiger partial charge in [0, 0.05) is 19.1 Å². The van der Waals surface area contributed by atoms with Crippen LogP contribution in [0.25, 0.3) is 0 Å². The summed E-state index contributed by atoms with van der Waals surface area (Å²) in [4.78, 5) is 1.88. The van der Waals surface area contributed by atoms with E-state index >= 15 is 0 Å². The van der Waals surface area contributed by atoms with Gasteiger partial charge >= 0.3 is 6.18 Å². The highest BCUT2D eigenvalue weighted by molar-refractivity contribution is 7.80. The number of alkyl halides is 3. The van der Waals surface area contributed by atoms with Gasteiger partial charge in [-0.05, 0) is 37.9 Å². The van der Waals surface area contributed by atoms with Gasteiger partial charge in [-0.25, -0.2) is 0 Å². The first-order valence-electron chi connectivity index (χ1n) is 6.59. The molecule has 2 aliphatic rings. The summed E-state index contributed by atoms with van der Waals surface area (Å²) in [5, 5.41) is 3.92. The second kappa shape index (κ2) is 5.63. The smallest absolute Gasteiger partial charge is 0.360 e. The Hall–Kier alpha value is -0.520. The maximum absolute atomic E-state index is 12.5. The molecular formula is C12H19F3N2S. The van der Waals surface area contributed by atoms with Gasteiger partial charge in [0.1, 0.15) is 0 Å². The standard InChI is InChI=1S/C12H19F3N2S/c13-12(14,15)9-5-7-17(8-6-9)11(18)16-10-3-1-2-4-10/h9-10H,1-8H2,(H,16,18). The van der Waals surface area contributed by atoms with Crippen molar-refractivity contribution in [2.24, 2.45) is 5.92 Å². The van der Waals surface area contributed by atoms with E-state index in [9.17, 15) is 13.2 Å². The van der Waals surface area contributed by atoms with Crippen molar-refractivity contribution in [2.75, 3.05) is 13.1 Å². The van der Waals surface area contributed by atoms with Gasteiger partial charge in [-0.1, -0.05) is 12.8 Å². The molecular weight excluding hydrogens is 261 g/mol. The van der Waals surface area contributed by atoms with E-state index in [-0.39, 0.29) is 12.8 Å². The van der Waals surface area contributed by atoms with Gasteiger partial charge in [-0.3, -0.25) is 0 Å². The van der Waals surface area contributed by atoms with Crippen LogP contribution in [0, 0.1) is 5.92 Å². The van der Waals surface area contributed by atoms with Crippen molar-refractivity contribution in [3.63, 3.8) is 0 Å². The summed E-state index contributed by atoms with van der Waals surface area (Å²) >= 11 is 5.28. The first-order chi connectivity index (χ1) is 8.47. The third-order valence-electron chi connectivity index (χ3n) is 3.93. The molecule has 1 saturated carbocycles. The zero-order valence-electron chi connectivity index (χ0n) is 10.3. The van der Waals surface area contributed by atoms with Gasteiger partial charge in [-0.15, -0.1) is 0 Å². The quantitative estimate of drug-likeness (QED) is 0.743. The van der Waals surface area contributed by atoms with Gasteiger partial charge < -0.3 is 10.2 Å². The first kappa shape index (κ1) is 13.9. The van der Waals surface area contributed by atoms with E-state index in [0.717, 1.165) is 12.8 Å². The molecule has 1 heterocycles. The molecule has 1 N–H and O–H groups in total. The van der Waals surface area contributed by atoms with Crippen LogP contribution in [-0.2, 0) is 0 Å². The first-order valence-corrected chi connectivity index (χ1v) is 7.00. The summed E-state index contributed by atoms with van der Waals surface area (Å²) in [6.45, 7) is 0.839. The molecule has 2 nitrogen and oxygen atoms in total. The highest BCUT2D eigenvalue weighted by atomic mass is 32.1. The van der Waals surface area contributed by atoms with E-state index in [4.69, 9.17) is 12.2 Å². The Morgan fingerprint density at radius 1 is 1.06 bits per heavy atom. The third kappa shape index (κ3) is 3.49. The largest absolute Gasteiger partial charge is 0.391 e. The highest BCUT2D eigenvalue weighted by Gasteiger charge is 2.41. The lowest BCUT2D eigenvalue weighted by Gasteiger charge is -2.35. The van der Waals surface area contributed by atoms with Crippen LogP contribution >= 0.6 is 12.2 Å². The van der Waals surface area contributed by atoms with Gasteiger partial charge in [0.05, 0.1) is 5.92 Å². The SMILES string of the molecule is FC(F)(F)C1CCN(C(=S)NC2CCCC2)CC1. The van der Waals surface area contributed by atoms with Crippen molar-refractivity contribution in [2.45, 2.75) is 50.7 Å². The second-order valence-electron chi connectivity index (χ2n) is 5.23. The normalized spacial score (nSPS) is 23.4. The minimum absolute atomic E-state index is 0.163. The summed E-state index contributed by atoms with van der Waals surface area (Å²) in [6.07, 6.45) is 0.962. The number of nitrogens with one attached hydrogen (secondary N) is 1. The molecule has 1 aliphatic heterocycles. The Labute approximate surface area is 111 Å². The summed E-state index contributed by atoms with van der Waals surface area (Å²) in [5.74, 6) is -1.15. The maximum Gasteiger partial charge on any atom is 0.391 e. The molecule has 18 heavy (non-hydrogen) atoms. The van der Waals surface area contributed by atoms with Crippen LogP contribution in [0.3, 0.4) is 0 Å². The Balaban J connectivity index is 1.76. The van der Waals surface area contributed by atoms with Crippen molar-refractivity contribution in [1.29, 1.82) is 0 Å². The van der Waals surface area contributed by atoms with Crippen LogP contribution in [0.1, 0.15) is 38.5 Å². The van der Waals surface area contributed by atoms with Crippen LogP contribution in [-0.4, -0.2) is 35.3 Å². The lowest BCUT2D eigenvalue weighted by Crippen LogP contribution is -2.48. The Morgan fingerprint density at radius 3 is 2.11 bits per heavy atom. The molecule has 1 aliphatic carbocycles. The van der Waals surface area contributed by atoms with Crippen molar-refractivity contribution in [1.82, 2.24) is 10.2 Å². The summed E-state index contributed by atoms with van der Waals surface area (Å²) in [6, 6.07) is 0.429. The van der Waals surface area contributed by atoms with Gasteiger partial charge in [0.15, 0.2) is 5.11 Å². The molecule has 0 atom stereocenters. The maximum atomic E-state index is 12.5. The van der Waals surface area contributed by atoms with E-state index < -0.39 is 12.1 Å². The number of rotatable bonds is 1. The molecule has 0 aromatic heterocycles. The minimum atomic E-state index is -4.05. The number of nitrogens with zero attached hydrogens (tertiary/aromatic N) is 1. The van der Waals surface area contributed by atoms with Crippen LogP contribution in [0.5, 0.6) is 0 Å². The molecule has 0 unspecified atom stereocenters. The molecule has 6 heteroatoms. The lowest BCUT2D eigenvalue weighted by atomic mass is 9.96. The van der Waals surface area contributed by atoms with Gasteiger partial charge in [0.25, 0.3) is 0 Å².